The monoisotopic (exact) mass is 390 g/mol. The number of carbonyl (C=O) groups excluding carboxylic acids is 1. The van der Waals surface area contributed by atoms with Crippen LogP contribution in [0.3, 0.4) is 0 Å². The Morgan fingerprint density at radius 2 is 1.39 bits per heavy atom. The predicted molar refractivity (Wildman–Crippen MR) is 97.8 cm³/mol. The minimum atomic E-state index is -4.68. The summed E-state index contributed by atoms with van der Waals surface area (Å²) in [6.07, 6.45) is 0.332. The molecule has 0 radical (unpaired) electrons. The van der Waals surface area contributed by atoms with Crippen molar-refractivity contribution in [2.45, 2.75) is 50.5 Å². The van der Waals surface area contributed by atoms with Gasteiger partial charge in [-0.2, -0.15) is 0 Å². The number of carbonyl (C=O) groups is 1. The summed E-state index contributed by atoms with van der Waals surface area (Å²) in [5.74, 6) is 0.691. The van der Waals surface area contributed by atoms with Crippen molar-refractivity contribution in [2.75, 3.05) is 0 Å². The normalized spacial score (nSPS) is 25.0. The van der Waals surface area contributed by atoms with Gasteiger partial charge < -0.3 is 9.47 Å². The lowest BCUT2D eigenvalue weighted by molar-refractivity contribution is -0.274. The Balaban J connectivity index is 1.36. The molecule has 2 aromatic rings. The standard InChI is InChI=1S/C22H21F3O3/c23-22(24,25)28-19-11-9-17(10-12-19)15-3-1-14(2-4-15)16-5-7-18(8-6-16)20-13-21(26)27-20/h1-4,9-12,16,18,20H,5-8,13H2. The molecule has 2 aliphatic rings. The summed E-state index contributed by atoms with van der Waals surface area (Å²) in [7, 11) is 0. The van der Waals surface area contributed by atoms with Crippen LogP contribution >= 0.6 is 0 Å². The molecule has 1 atom stereocenters. The van der Waals surface area contributed by atoms with E-state index < -0.39 is 6.36 Å². The minimum absolute atomic E-state index is 0.0827. The zero-order valence-electron chi connectivity index (χ0n) is 15.2. The zero-order chi connectivity index (χ0) is 19.7. The van der Waals surface area contributed by atoms with Crippen LogP contribution in [0.15, 0.2) is 48.5 Å². The van der Waals surface area contributed by atoms with Crippen LogP contribution in [0, 0.1) is 5.92 Å². The molecular formula is C22H21F3O3. The number of hydrogen-bond donors (Lipinski definition) is 0. The number of hydrogen-bond acceptors (Lipinski definition) is 3. The highest BCUT2D eigenvalue weighted by Crippen LogP contribution is 2.40. The van der Waals surface area contributed by atoms with Crippen LogP contribution in [0.4, 0.5) is 13.2 Å². The maximum Gasteiger partial charge on any atom is 0.573 e. The molecule has 1 aliphatic heterocycles. The van der Waals surface area contributed by atoms with Gasteiger partial charge in [-0.1, -0.05) is 36.4 Å². The topological polar surface area (TPSA) is 35.5 Å². The van der Waals surface area contributed by atoms with E-state index in [1.807, 2.05) is 12.1 Å². The number of halogens is 3. The van der Waals surface area contributed by atoms with Gasteiger partial charge in [0.1, 0.15) is 11.9 Å². The van der Waals surface area contributed by atoms with Crippen LogP contribution in [-0.2, 0) is 9.53 Å². The summed E-state index contributed by atoms with van der Waals surface area (Å²) < 4.78 is 45.9. The predicted octanol–water partition coefficient (Wildman–Crippen LogP) is 5.84. The second-order valence-corrected chi connectivity index (χ2v) is 7.54. The van der Waals surface area contributed by atoms with Gasteiger partial charge in [0.15, 0.2) is 0 Å². The van der Waals surface area contributed by atoms with Crippen LogP contribution in [-0.4, -0.2) is 18.4 Å². The van der Waals surface area contributed by atoms with Gasteiger partial charge in [-0.3, -0.25) is 4.79 Å². The van der Waals surface area contributed by atoms with Gasteiger partial charge in [-0.25, -0.2) is 0 Å². The Morgan fingerprint density at radius 1 is 0.857 bits per heavy atom. The molecule has 28 heavy (non-hydrogen) atoms. The number of alkyl halides is 3. The number of cyclic esters (lactones) is 1. The van der Waals surface area contributed by atoms with Gasteiger partial charge >= 0.3 is 12.3 Å². The molecule has 2 aromatic carbocycles. The molecule has 3 nitrogen and oxygen atoms in total. The number of esters is 1. The van der Waals surface area contributed by atoms with Crippen molar-refractivity contribution in [3.8, 4) is 16.9 Å². The Bertz CT molecular complexity index is 812. The summed E-state index contributed by atoms with van der Waals surface area (Å²) >= 11 is 0. The molecule has 1 saturated heterocycles. The summed E-state index contributed by atoms with van der Waals surface area (Å²) in [6, 6.07) is 14.1. The molecule has 1 heterocycles. The van der Waals surface area contributed by atoms with Gasteiger partial charge in [-0.15, -0.1) is 13.2 Å². The summed E-state index contributed by atoms with van der Waals surface area (Å²) in [5, 5.41) is 0. The summed E-state index contributed by atoms with van der Waals surface area (Å²) in [4.78, 5) is 11.0. The average Bonchev–Trinajstić information content (AvgIpc) is 2.65. The van der Waals surface area contributed by atoms with Crippen LogP contribution in [0.5, 0.6) is 5.75 Å². The fraction of sp³-hybridized carbons (Fsp3) is 0.409. The molecule has 1 unspecified atom stereocenters. The smallest absolute Gasteiger partial charge is 0.461 e. The minimum Gasteiger partial charge on any atom is -0.461 e. The molecule has 148 valence electrons. The first-order chi connectivity index (χ1) is 13.4. The number of benzene rings is 2. The highest BCUT2D eigenvalue weighted by molar-refractivity contribution is 5.75. The summed E-state index contributed by atoms with van der Waals surface area (Å²) in [5.41, 5.74) is 3.08. The highest BCUT2D eigenvalue weighted by atomic mass is 19.4. The summed E-state index contributed by atoms with van der Waals surface area (Å²) in [6.45, 7) is 0. The second kappa shape index (κ2) is 7.49. The average molecular weight is 390 g/mol. The molecule has 1 aliphatic carbocycles. The lowest BCUT2D eigenvalue weighted by Crippen LogP contribution is -2.40. The van der Waals surface area contributed by atoms with Crippen LogP contribution in [0.1, 0.15) is 43.6 Å². The second-order valence-electron chi connectivity index (χ2n) is 7.54. The zero-order valence-corrected chi connectivity index (χ0v) is 15.2. The van der Waals surface area contributed by atoms with Crippen molar-refractivity contribution in [1.82, 2.24) is 0 Å². The van der Waals surface area contributed by atoms with E-state index in [0.29, 0.717) is 18.3 Å². The lowest BCUT2D eigenvalue weighted by Gasteiger charge is -2.37. The molecule has 0 spiro atoms. The fourth-order valence-corrected chi connectivity index (χ4v) is 4.21. The largest absolute Gasteiger partial charge is 0.573 e. The van der Waals surface area contributed by atoms with E-state index in [-0.39, 0.29) is 17.8 Å². The van der Waals surface area contributed by atoms with E-state index in [1.165, 1.54) is 17.7 Å². The highest BCUT2D eigenvalue weighted by Gasteiger charge is 2.37. The van der Waals surface area contributed by atoms with E-state index in [9.17, 15) is 18.0 Å². The van der Waals surface area contributed by atoms with Gasteiger partial charge in [0.05, 0.1) is 6.42 Å². The molecular weight excluding hydrogens is 369 g/mol. The van der Waals surface area contributed by atoms with E-state index in [1.54, 1.807) is 12.1 Å². The maximum absolute atomic E-state index is 12.3. The molecule has 6 heteroatoms. The quantitative estimate of drug-likeness (QED) is 0.615. The van der Waals surface area contributed by atoms with E-state index in [0.717, 1.165) is 36.8 Å². The molecule has 0 bridgehead atoms. The first-order valence-corrected chi connectivity index (χ1v) is 9.53. The van der Waals surface area contributed by atoms with Crippen LogP contribution in [0.2, 0.25) is 0 Å². The third kappa shape index (κ3) is 4.32. The maximum atomic E-state index is 12.3. The Kier molecular flexibility index (Phi) is 5.04. The third-order valence-electron chi connectivity index (χ3n) is 5.75. The molecule has 1 saturated carbocycles. The fourth-order valence-electron chi connectivity index (χ4n) is 4.21. The van der Waals surface area contributed by atoms with Crippen molar-refractivity contribution < 1.29 is 27.4 Å². The third-order valence-corrected chi connectivity index (χ3v) is 5.75. The van der Waals surface area contributed by atoms with Gasteiger partial charge in [0, 0.05) is 0 Å². The van der Waals surface area contributed by atoms with Gasteiger partial charge in [0.2, 0.25) is 0 Å². The van der Waals surface area contributed by atoms with Crippen molar-refractivity contribution in [3.63, 3.8) is 0 Å². The lowest BCUT2D eigenvalue weighted by atomic mass is 9.75. The van der Waals surface area contributed by atoms with Gasteiger partial charge in [0.25, 0.3) is 0 Å². The first-order valence-electron chi connectivity index (χ1n) is 9.53. The Hall–Kier alpha value is -2.50. The molecule has 0 N–H and O–H groups in total. The van der Waals surface area contributed by atoms with Crippen molar-refractivity contribution >= 4 is 5.97 Å². The SMILES string of the molecule is O=C1CC(C2CCC(c3ccc(-c4ccc(OC(F)(F)F)cc4)cc3)CC2)O1. The van der Waals surface area contributed by atoms with E-state index in [4.69, 9.17) is 4.74 Å². The van der Waals surface area contributed by atoms with E-state index in [2.05, 4.69) is 16.9 Å². The molecule has 0 amide bonds. The molecule has 4 rings (SSSR count). The molecule has 0 aromatic heterocycles. The Labute approximate surface area is 161 Å². The van der Waals surface area contributed by atoms with Gasteiger partial charge in [-0.05, 0) is 66.3 Å². The number of ether oxygens (including phenoxy) is 2. The van der Waals surface area contributed by atoms with Crippen molar-refractivity contribution in [2.24, 2.45) is 5.92 Å². The van der Waals surface area contributed by atoms with Crippen LogP contribution in [0.25, 0.3) is 11.1 Å². The molecule has 2 fully saturated rings. The number of rotatable bonds is 4. The first kappa shape index (κ1) is 18.8. The Morgan fingerprint density at radius 3 is 1.89 bits per heavy atom. The van der Waals surface area contributed by atoms with Crippen molar-refractivity contribution in [3.05, 3.63) is 54.1 Å². The van der Waals surface area contributed by atoms with E-state index >= 15 is 0 Å². The van der Waals surface area contributed by atoms with Crippen LogP contribution < -0.4 is 4.74 Å². The van der Waals surface area contributed by atoms with Crippen molar-refractivity contribution in [1.29, 1.82) is 0 Å².